The van der Waals surface area contributed by atoms with E-state index in [9.17, 15) is 29.4 Å². The Morgan fingerprint density at radius 3 is 2.69 bits per heavy atom. The fourth-order valence-corrected chi connectivity index (χ4v) is 6.09. The van der Waals surface area contributed by atoms with Crippen LogP contribution in [0.1, 0.15) is 6.92 Å². The van der Waals surface area contributed by atoms with Crippen molar-refractivity contribution in [3.63, 3.8) is 0 Å². The molecule has 1 unspecified atom stereocenters. The molecule has 2 amide bonds. The smallest absolute Gasteiger partial charge is 0.352 e. The molecule has 184 valence electrons. The lowest BCUT2D eigenvalue weighted by Crippen LogP contribution is -2.70. The van der Waals surface area contributed by atoms with Gasteiger partial charge in [-0.25, -0.2) is 4.79 Å². The molecule has 3 N–H and O–H groups in total. The maximum Gasteiger partial charge on any atom is 0.352 e. The second-order valence-electron chi connectivity index (χ2n) is 7.46. The summed E-state index contributed by atoms with van der Waals surface area (Å²) >= 11 is 2.42. The van der Waals surface area contributed by atoms with Crippen molar-refractivity contribution in [2.24, 2.45) is 0 Å². The molecule has 0 aliphatic carbocycles. The summed E-state index contributed by atoms with van der Waals surface area (Å²) < 4.78 is 6.62. The zero-order valence-electron chi connectivity index (χ0n) is 18.4. The monoisotopic (exact) mass is 519 g/mol. The Morgan fingerprint density at radius 2 is 2.00 bits per heavy atom. The highest BCUT2D eigenvalue weighted by Crippen LogP contribution is 2.41. The molecule has 2 aliphatic rings. The number of carbonyl (C=O) groups excluding carboxylic acids is 2. The van der Waals surface area contributed by atoms with Gasteiger partial charge in [-0.15, -0.1) is 22.0 Å². The number of amides is 2. The number of ether oxygens (including phenoxy) is 1. The Morgan fingerprint density at radius 1 is 1.26 bits per heavy atom. The van der Waals surface area contributed by atoms with E-state index < -0.39 is 40.6 Å². The SMILES string of the molecule is CCn1c(SCC2=C(C(=O)O)N3C(=O)C(NC(=O)COc4ccccc4)[C@H]3SC2)nnc(O)c1=O. The lowest BCUT2D eigenvalue weighted by molar-refractivity contribution is -0.150. The molecular weight excluding hydrogens is 498 g/mol. The van der Waals surface area contributed by atoms with E-state index in [1.807, 2.05) is 6.07 Å². The molecule has 1 aromatic heterocycles. The van der Waals surface area contributed by atoms with Crippen LogP contribution in [0.3, 0.4) is 0 Å². The van der Waals surface area contributed by atoms with Gasteiger partial charge >= 0.3 is 11.5 Å². The average molecular weight is 520 g/mol. The predicted octanol–water partition coefficient (Wildman–Crippen LogP) is 0.273. The van der Waals surface area contributed by atoms with Crippen molar-refractivity contribution in [1.29, 1.82) is 0 Å². The first-order valence-corrected chi connectivity index (χ1v) is 12.5. The summed E-state index contributed by atoms with van der Waals surface area (Å²) in [5.41, 5.74) is -0.364. The molecular formula is C21H21N5O7S2. The fourth-order valence-electron chi connectivity index (χ4n) is 3.61. The number of aromatic hydroxyl groups is 1. The number of carbonyl (C=O) groups is 3. The van der Waals surface area contributed by atoms with Gasteiger partial charge in [-0.1, -0.05) is 30.0 Å². The van der Waals surface area contributed by atoms with E-state index in [1.54, 1.807) is 31.2 Å². The highest BCUT2D eigenvalue weighted by molar-refractivity contribution is 8.01. The lowest BCUT2D eigenvalue weighted by Gasteiger charge is -2.49. The van der Waals surface area contributed by atoms with Crippen LogP contribution in [0, 0.1) is 0 Å². The van der Waals surface area contributed by atoms with Crippen molar-refractivity contribution in [1.82, 2.24) is 25.0 Å². The number of benzene rings is 1. The van der Waals surface area contributed by atoms with Crippen molar-refractivity contribution in [2.45, 2.75) is 30.0 Å². The minimum Gasteiger partial charge on any atom is -0.488 e. The number of hydrogen-bond donors (Lipinski definition) is 3. The van der Waals surface area contributed by atoms with Gasteiger partial charge in [0, 0.05) is 18.1 Å². The molecule has 0 bridgehead atoms. The van der Waals surface area contributed by atoms with Gasteiger partial charge in [0.2, 0.25) is 0 Å². The zero-order chi connectivity index (χ0) is 25.1. The number of para-hydroxylation sites is 1. The third-order valence-corrected chi connectivity index (χ3v) is 7.66. The Labute approximate surface area is 207 Å². The molecule has 2 atom stereocenters. The van der Waals surface area contributed by atoms with E-state index in [0.29, 0.717) is 17.1 Å². The number of aliphatic carboxylic acids is 1. The van der Waals surface area contributed by atoms with Crippen LogP contribution >= 0.6 is 23.5 Å². The second kappa shape index (κ2) is 10.4. The summed E-state index contributed by atoms with van der Waals surface area (Å²) in [6.45, 7) is 1.67. The van der Waals surface area contributed by atoms with Gasteiger partial charge < -0.3 is 20.3 Å². The third kappa shape index (κ3) is 4.98. The number of aromatic nitrogens is 3. The number of nitrogens with one attached hydrogen (secondary N) is 1. The Kier molecular flexibility index (Phi) is 7.31. The van der Waals surface area contributed by atoms with Crippen LogP contribution in [0.25, 0.3) is 0 Å². The summed E-state index contributed by atoms with van der Waals surface area (Å²) in [5, 5.41) is 28.8. The maximum absolute atomic E-state index is 12.8. The molecule has 1 fully saturated rings. The third-order valence-electron chi connectivity index (χ3n) is 5.27. The van der Waals surface area contributed by atoms with Crippen LogP contribution in [0.4, 0.5) is 0 Å². The summed E-state index contributed by atoms with van der Waals surface area (Å²) in [6, 6.07) is 7.90. The van der Waals surface area contributed by atoms with Crippen LogP contribution in [-0.4, -0.2) is 77.2 Å². The van der Waals surface area contributed by atoms with E-state index in [0.717, 1.165) is 11.8 Å². The highest BCUT2D eigenvalue weighted by atomic mass is 32.2. The first-order chi connectivity index (χ1) is 16.8. The lowest BCUT2D eigenvalue weighted by atomic mass is 10.0. The number of rotatable bonds is 9. The zero-order valence-corrected chi connectivity index (χ0v) is 20.0. The van der Waals surface area contributed by atoms with Crippen LogP contribution in [0.5, 0.6) is 11.6 Å². The molecule has 12 nitrogen and oxygen atoms in total. The van der Waals surface area contributed by atoms with E-state index in [2.05, 4.69) is 15.5 Å². The normalized spacial score (nSPS) is 19.1. The number of fused-ring (bicyclic) bond motifs is 1. The van der Waals surface area contributed by atoms with Crippen molar-refractivity contribution in [3.8, 4) is 11.6 Å². The number of thioether (sulfide) groups is 2. The van der Waals surface area contributed by atoms with Crippen LogP contribution in [-0.2, 0) is 20.9 Å². The Balaban J connectivity index is 1.43. The maximum atomic E-state index is 12.8. The number of carboxylic acid groups (broad SMARTS) is 1. The van der Waals surface area contributed by atoms with Crippen molar-refractivity contribution in [2.75, 3.05) is 18.1 Å². The molecule has 1 aromatic carbocycles. The van der Waals surface area contributed by atoms with Gasteiger partial charge in [0.1, 0.15) is 22.9 Å². The van der Waals surface area contributed by atoms with E-state index in [1.165, 1.54) is 21.2 Å². The summed E-state index contributed by atoms with van der Waals surface area (Å²) in [4.78, 5) is 50.3. The number of hydrogen-bond acceptors (Lipinski definition) is 10. The average Bonchev–Trinajstić information content (AvgIpc) is 2.86. The summed E-state index contributed by atoms with van der Waals surface area (Å²) in [6.07, 6.45) is 0. The van der Waals surface area contributed by atoms with Gasteiger partial charge in [0.25, 0.3) is 17.7 Å². The molecule has 4 rings (SSSR count). The van der Waals surface area contributed by atoms with E-state index >= 15 is 0 Å². The van der Waals surface area contributed by atoms with Crippen LogP contribution in [0.2, 0.25) is 0 Å². The molecule has 0 radical (unpaired) electrons. The van der Waals surface area contributed by atoms with Crippen molar-refractivity contribution < 1.29 is 29.3 Å². The Hall–Kier alpha value is -3.52. The molecule has 3 heterocycles. The summed E-state index contributed by atoms with van der Waals surface area (Å²) in [7, 11) is 0. The van der Waals surface area contributed by atoms with Gasteiger partial charge in [0.15, 0.2) is 11.8 Å². The molecule has 14 heteroatoms. The standard InChI is InChI=1S/C21H21N5O7S2/c1-2-25-18(30)16(28)23-24-21(25)35-10-11-9-34-19-14(17(29)26(19)15(11)20(31)32)22-13(27)8-33-12-6-4-3-5-7-12/h3-7,14,19H,2,8-10H2,1H3,(H,22,27)(H,23,28)(H,31,32)/t14?,19-/m1/s1. The molecule has 0 saturated carbocycles. The number of nitrogens with zero attached hydrogens (tertiary/aromatic N) is 4. The van der Waals surface area contributed by atoms with E-state index in [-0.39, 0.29) is 29.8 Å². The first kappa shape index (κ1) is 24.6. The molecule has 0 spiro atoms. The number of β-lactam (4-membered cyclic amide) rings is 1. The minimum absolute atomic E-state index is 0.144. The molecule has 35 heavy (non-hydrogen) atoms. The Bertz CT molecular complexity index is 1250. The highest BCUT2D eigenvalue weighted by Gasteiger charge is 2.54. The topological polar surface area (TPSA) is 164 Å². The minimum atomic E-state index is -1.26. The quantitative estimate of drug-likeness (QED) is 0.308. The molecule has 1 saturated heterocycles. The fraction of sp³-hybridized carbons (Fsp3) is 0.333. The van der Waals surface area contributed by atoms with Gasteiger partial charge in [-0.3, -0.25) is 23.9 Å². The van der Waals surface area contributed by atoms with Gasteiger partial charge in [-0.2, -0.15) is 0 Å². The van der Waals surface area contributed by atoms with Crippen molar-refractivity contribution >= 4 is 41.3 Å². The van der Waals surface area contributed by atoms with Crippen LogP contribution in [0.15, 0.2) is 51.6 Å². The molecule has 2 aromatic rings. The van der Waals surface area contributed by atoms with Gasteiger partial charge in [-0.05, 0) is 24.6 Å². The van der Waals surface area contributed by atoms with E-state index in [4.69, 9.17) is 4.74 Å². The summed E-state index contributed by atoms with van der Waals surface area (Å²) in [5.74, 6) is -2.03. The van der Waals surface area contributed by atoms with Crippen molar-refractivity contribution in [3.05, 3.63) is 52.0 Å². The predicted molar refractivity (Wildman–Crippen MR) is 126 cm³/mol. The second-order valence-corrected chi connectivity index (χ2v) is 9.51. The van der Waals surface area contributed by atoms with Crippen LogP contribution < -0.4 is 15.6 Å². The first-order valence-electron chi connectivity index (χ1n) is 10.5. The largest absolute Gasteiger partial charge is 0.488 e. The number of carboxylic acids is 1. The van der Waals surface area contributed by atoms with Gasteiger partial charge in [0.05, 0.1) is 0 Å². The molecule has 2 aliphatic heterocycles.